The number of ether oxygens (including phenoxy) is 3. The quantitative estimate of drug-likeness (QED) is 0.522. The van der Waals surface area contributed by atoms with Crippen molar-refractivity contribution in [3.05, 3.63) is 35.3 Å². The first-order valence-electron chi connectivity index (χ1n) is 5.24. The number of methoxy groups -OCH3 is 3. The van der Waals surface area contributed by atoms with E-state index in [-0.39, 0.29) is 0 Å². The highest BCUT2D eigenvalue weighted by Gasteiger charge is 2.08. The van der Waals surface area contributed by atoms with Gasteiger partial charge in [-0.15, -0.1) is 0 Å². The zero-order valence-electron chi connectivity index (χ0n) is 11.2. The Morgan fingerprint density at radius 2 is 1.82 bits per heavy atom. The lowest BCUT2D eigenvalue weighted by molar-refractivity contribution is 0.264. The molecular weight excluding hydrogens is 220 g/mol. The van der Waals surface area contributed by atoms with Crippen LogP contribution in [0.25, 0.3) is 0 Å². The predicted molar refractivity (Wildman–Crippen MR) is 67.8 cm³/mol. The predicted octanol–water partition coefficient (Wildman–Crippen LogP) is 1.45. The molecular formula is C12H22N2O3. The molecule has 0 fully saturated rings. The molecule has 5 heteroatoms. The molecule has 0 radical (unpaired) electrons. The molecule has 0 aliphatic heterocycles. The normalized spacial score (nSPS) is 13.9. The highest BCUT2D eigenvalue weighted by molar-refractivity contribution is 5.23. The van der Waals surface area contributed by atoms with Gasteiger partial charge in [0.25, 0.3) is 0 Å². The second-order valence-electron chi connectivity index (χ2n) is 3.27. The first kappa shape index (κ1) is 15.2. The lowest BCUT2D eigenvalue weighted by atomic mass is 10.2. The van der Waals surface area contributed by atoms with E-state index in [0.29, 0.717) is 17.9 Å². The van der Waals surface area contributed by atoms with Crippen LogP contribution in [0.5, 0.6) is 0 Å². The van der Waals surface area contributed by atoms with Crippen molar-refractivity contribution in [2.24, 2.45) is 5.73 Å². The van der Waals surface area contributed by atoms with Crippen LogP contribution in [0.4, 0.5) is 0 Å². The molecule has 0 unspecified atom stereocenters. The number of allylic oxidation sites excluding steroid dienone is 2. The van der Waals surface area contributed by atoms with Crippen molar-refractivity contribution in [2.45, 2.75) is 13.3 Å². The molecule has 0 spiro atoms. The van der Waals surface area contributed by atoms with Gasteiger partial charge in [-0.05, 0) is 6.92 Å². The Morgan fingerprint density at radius 1 is 1.18 bits per heavy atom. The SMILES string of the molecule is CN/C(C/C(=C/N)OC)=C(/C=C(\C)OC)OC. The van der Waals surface area contributed by atoms with Crippen LogP contribution < -0.4 is 11.1 Å². The highest BCUT2D eigenvalue weighted by atomic mass is 16.5. The summed E-state index contributed by atoms with van der Waals surface area (Å²) < 4.78 is 15.5. The average Bonchev–Trinajstić information content (AvgIpc) is 2.37. The number of hydrogen-bond donors (Lipinski definition) is 2. The van der Waals surface area contributed by atoms with Gasteiger partial charge in [-0.2, -0.15) is 0 Å². The van der Waals surface area contributed by atoms with Gasteiger partial charge < -0.3 is 25.3 Å². The molecule has 5 nitrogen and oxygen atoms in total. The monoisotopic (exact) mass is 242 g/mol. The zero-order valence-corrected chi connectivity index (χ0v) is 11.2. The molecule has 0 amide bonds. The Labute approximate surface area is 103 Å². The van der Waals surface area contributed by atoms with Gasteiger partial charge in [0.1, 0.15) is 11.5 Å². The maximum atomic E-state index is 5.44. The Bertz CT molecular complexity index is 320. The first-order valence-corrected chi connectivity index (χ1v) is 5.24. The minimum Gasteiger partial charge on any atom is -0.501 e. The average molecular weight is 242 g/mol. The fourth-order valence-electron chi connectivity index (χ4n) is 1.18. The van der Waals surface area contributed by atoms with Crippen LogP contribution in [0.1, 0.15) is 13.3 Å². The van der Waals surface area contributed by atoms with Crippen LogP contribution >= 0.6 is 0 Å². The van der Waals surface area contributed by atoms with Gasteiger partial charge in [-0.25, -0.2) is 0 Å². The third-order valence-corrected chi connectivity index (χ3v) is 2.27. The molecule has 0 aromatic heterocycles. The van der Waals surface area contributed by atoms with Gasteiger partial charge in [0, 0.05) is 19.3 Å². The Hall–Kier alpha value is -1.78. The summed E-state index contributed by atoms with van der Waals surface area (Å²) in [5.74, 6) is 2.10. The van der Waals surface area contributed by atoms with Crippen molar-refractivity contribution in [1.82, 2.24) is 5.32 Å². The molecule has 98 valence electrons. The Kier molecular flexibility index (Phi) is 7.50. The summed E-state index contributed by atoms with van der Waals surface area (Å²) in [4.78, 5) is 0. The van der Waals surface area contributed by atoms with E-state index < -0.39 is 0 Å². The van der Waals surface area contributed by atoms with Crippen molar-refractivity contribution >= 4 is 0 Å². The van der Waals surface area contributed by atoms with Gasteiger partial charge >= 0.3 is 0 Å². The molecule has 0 saturated carbocycles. The smallest absolute Gasteiger partial charge is 0.141 e. The molecule has 0 rings (SSSR count). The fraction of sp³-hybridized carbons (Fsp3) is 0.500. The number of hydrogen-bond acceptors (Lipinski definition) is 5. The van der Waals surface area contributed by atoms with E-state index in [1.165, 1.54) is 6.20 Å². The summed E-state index contributed by atoms with van der Waals surface area (Å²) in [6.07, 6.45) is 3.76. The Morgan fingerprint density at radius 3 is 2.18 bits per heavy atom. The fourth-order valence-corrected chi connectivity index (χ4v) is 1.18. The lowest BCUT2D eigenvalue weighted by Gasteiger charge is -2.13. The minimum absolute atomic E-state index is 0.528. The van der Waals surface area contributed by atoms with Crippen LogP contribution in [0.2, 0.25) is 0 Å². The van der Waals surface area contributed by atoms with Gasteiger partial charge in [-0.3, -0.25) is 0 Å². The second-order valence-corrected chi connectivity index (χ2v) is 3.27. The number of nitrogens with two attached hydrogens (primary N) is 1. The van der Waals surface area contributed by atoms with Crippen LogP contribution in [0.3, 0.4) is 0 Å². The summed E-state index contributed by atoms with van der Waals surface area (Å²) >= 11 is 0. The standard InChI is InChI=1S/C12H22N2O3/c1-9(15-3)6-12(17-5)11(14-2)7-10(8-13)16-4/h6,8,14H,7,13H2,1-5H3/b9-6+,10-8-,12-11-. The van der Waals surface area contributed by atoms with Crippen molar-refractivity contribution < 1.29 is 14.2 Å². The molecule has 0 heterocycles. The van der Waals surface area contributed by atoms with Crippen molar-refractivity contribution in [1.29, 1.82) is 0 Å². The van der Waals surface area contributed by atoms with Crippen molar-refractivity contribution in [3.8, 4) is 0 Å². The van der Waals surface area contributed by atoms with Crippen LogP contribution in [-0.2, 0) is 14.2 Å². The molecule has 0 aromatic carbocycles. The highest BCUT2D eigenvalue weighted by Crippen LogP contribution is 2.15. The van der Waals surface area contributed by atoms with Gasteiger partial charge in [0.15, 0.2) is 0 Å². The lowest BCUT2D eigenvalue weighted by Crippen LogP contribution is -2.12. The van der Waals surface area contributed by atoms with Crippen LogP contribution in [0.15, 0.2) is 35.3 Å². The van der Waals surface area contributed by atoms with Crippen LogP contribution in [0, 0.1) is 0 Å². The van der Waals surface area contributed by atoms with Crippen LogP contribution in [-0.4, -0.2) is 28.4 Å². The summed E-state index contributed by atoms with van der Waals surface area (Å²) in [6, 6.07) is 0. The van der Waals surface area contributed by atoms with E-state index >= 15 is 0 Å². The summed E-state index contributed by atoms with van der Waals surface area (Å²) in [7, 11) is 6.60. The van der Waals surface area contributed by atoms with Gasteiger partial charge in [0.05, 0.1) is 39.2 Å². The third kappa shape index (κ3) is 5.19. The van der Waals surface area contributed by atoms with E-state index in [1.807, 2.05) is 14.0 Å². The largest absolute Gasteiger partial charge is 0.501 e. The van der Waals surface area contributed by atoms with Crippen molar-refractivity contribution in [2.75, 3.05) is 28.4 Å². The maximum Gasteiger partial charge on any atom is 0.141 e. The molecule has 0 aliphatic rings. The van der Waals surface area contributed by atoms with E-state index in [4.69, 9.17) is 19.9 Å². The van der Waals surface area contributed by atoms with E-state index in [9.17, 15) is 0 Å². The summed E-state index contributed by atoms with van der Waals surface area (Å²) in [6.45, 7) is 1.85. The topological polar surface area (TPSA) is 65.7 Å². The molecule has 0 saturated heterocycles. The maximum absolute atomic E-state index is 5.44. The molecule has 0 atom stereocenters. The number of nitrogens with one attached hydrogen (secondary N) is 1. The molecule has 0 aromatic rings. The van der Waals surface area contributed by atoms with E-state index in [0.717, 1.165) is 11.5 Å². The molecule has 17 heavy (non-hydrogen) atoms. The summed E-state index contributed by atoms with van der Waals surface area (Å²) in [5, 5.41) is 3.06. The summed E-state index contributed by atoms with van der Waals surface area (Å²) in [5.41, 5.74) is 6.30. The van der Waals surface area contributed by atoms with E-state index in [2.05, 4.69) is 5.32 Å². The second kappa shape index (κ2) is 8.38. The minimum atomic E-state index is 0.528. The third-order valence-electron chi connectivity index (χ3n) is 2.27. The molecule has 0 bridgehead atoms. The zero-order chi connectivity index (χ0) is 13.3. The number of rotatable bonds is 7. The molecule has 3 N–H and O–H groups in total. The first-order chi connectivity index (χ1) is 8.12. The Balaban J connectivity index is 5.11. The van der Waals surface area contributed by atoms with E-state index in [1.54, 1.807) is 27.4 Å². The van der Waals surface area contributed by atoms with Gasteiger partial charge in [0.2, 0.25) is 0 Å². The van der Waals surface area contributed by atoms with Crippen molar-refractivity contribution in [3.63, 3.8) is 0 Å². The molecule has 0 aliphatic carbocycles. The van der Waals surface area contributed by atoms with Gasteiger partial charge in [-0.1, -0.05) is 0 Å².